The van der Waals surface area contributed by atoms with Gasteiger partial charge in [0.1, 0.15) is 0 Å². The molecule has 2 heteroatoms. The van der Waals surface area contributed by atoms with Gasteiger partial charge in [-0.3, -0.25) is 4.79 Å². The first kappa shape index (κ1) is 11.5. The highest BCUT2D eigenvalue weighted by molar-refractivity contribution is 5.99. The third kappa shape index (κ3) is 1.67. The molecule has 0 unspecified atom stereocenters. The van der Waals surface area contributed by atoms with Crippen LogP contribution in [0.2, 0.25) is 0 Å². The fourth-order valence-electron chi connectivity index (χ4n) is 3.44. The van der Waals surface area contributed by atoms with Crippen molar-refractivity contribution < 1.29 is 4.79 Å². The Kier molecular flexibility index (Phi) is 2.94. The third-order valence-electron chi connectivity index (χ3n) is 4.30. The Morgan fingerprint density at radius 3 is 2.61 bits per heavy atom. The molecule has 3 rings (SSSR count). The van der Waals surface area contributed by atoms with Crippen molar-refractivity contribution in [2.45, 2.75) is 38.0 Å². The maximum atomic E-state index is 11.5. The van der Waals surface area contributed by atoms with E-state index in [2.05, 4.69) is 23.7 Å². The summed E-state index contributed by atoms with van der Waals surface area (Å²) in [6, 6.07) is 8.22. The lowest BCUT2D eigenvalue weighted by atomic mass is 9.85. The van der Waals surface area contributed by atoms with E-state index in [1.807, 2.05) is 12.1 Å². The molecular formula is C16H19NO. The van der Waals surface area contributed by atoms with Gasteiger partial charge in [-0.15, -0.1) is 0 Å². The van der Waals surface area contributed by atoms with Crippen molar-refractivity contribution in [3.05, 3.63) is 35.5 Å². The van der Waals surface area contributed by atoms with Crippen LogP contribution in [-0.4, -0.2) is 10.9 Å². The Morgan fingerprint density at radius 1 is 1.17 bits per heavy atom. The second-order valence-corrected chi connectivity index (χ2v) is 5.33. The summed E-state index contributed by atoms with van der Waals surface area (Å²) in [4.78, 5) is 11.5. The van der Waals surface area contributed by atoms with E-state index in [1.165, 1.54) is 43.3 Å². The Balaban J connectivity index is 2.20. The number of aromatic nitrogens is 1. The van der Waals surface area contributed by atoms with Crippen LogP contribution in [0.4, 0.5) is 0 Å². The van der Waals surface area contributed by atoms with E-state index in [9.17, 15) is 4.79 Å². The number of carbonyl (C=O) groups excluding carboxylic acids is 1. The van der Waals surface area contributed by atoms with Crippen LogP contribution in [0.3, 0.4) is 0 Å². The van der Waals surface area contributed by atoms with Crippen LogP contribution < -0.4 is 0 Å². The van der Waals surface area contributed by atoms with Gasteiger partial charge in [-0.25, -0.2) is 0 Å². The number of carbonyl (C=O) groups is 1. The zero-order valence-electron chi connectivity index (χ0n) is 10.9. The van der Waals surface area contributed by atoms with Crippen molar-refractivity contribution in [2.24, 2.45) is 7.05 Å². The van der Waals surface area contributed by atoms with E-state index in [1.54, 1.807) is 0 Å². The minimum Gasteiger partial charge on any atom is -0.347 e. The van der Waals surface area contributed by atoms with Crippen LogP contribution in [-0.2, 0) is 7.05 Å². The Morgan fingerprint density at radius 2 is 1.89 bits per heavy atom. The quantitative estimate of drug-likeness (QED) is 0.727. The summed E-state index contributed by atoms with van der Waals surface area (Å²) in [6.45, 7) is 0. The number of fused-ring (bicyclic) bond motifs is 1. The van der Waals surface area contributed by atoms with Crippen molar-refractivity contribution in [1.82, 2.24) is 4.57 Å². The Labute approximate surface area is 108 Å². The Hall–Kier alpha value is -1.57. The number of para-hydroxylation sites is 1. The van der Waals surface area contributed by atoms with E-state index in [0.29, 0.717) is 5.92 Å². The molecule has 1 fully saturated rings. The van der Waals surface area contributed by atoms with Gasteiger partial charge in [-0.1, -0.05) is 37.5 Å². The number of aryl methyl sites for hydroxylation is 1. The Bertz CT molecular complexity index is 576. The van der Waals surface area contributed by atoms with Crippen molar-refractivity contribution in [3.63, 3.8) is 0 Å². The zero-order valence-corrected chi connectivity index (χ0v) is 10.9. The topological polar surface area (TPSA) is 22.0 Å². The monoisotopic (exact) mass is 241 g/mol. The molecule has 0 radical (unpaired) electrons. The summed E-state index contributed by atoms with van der Waals surface area (Å²) in [7, 11) is 2.10. The highest BCUT2D eigenvalue weighted by Crippen LogP contribution is 2.37. The molecule has 1 heterocycles. The molecule has 2 aromatic rings. The maximum absolute atomic E-state index is 11.5. The molecule has 0 N–H and O–H groups in total. The summed E-state index contributed by atoms with van der Waals surface area (Å²) in [6.07, 6.45) is 7.44. The van der Waals surface area contributed by atoms with Gasteiger partial charge in [-0.2, -0.15) is 0 Å². The van der Waals surface area contributed by atoms with Crippen LogP contribution in [0.25, 0.3) is 10.9 Å². The molecule has 0 saturated heterocycles. The molecule has 0 atom stereocenters. The van der Waals surface area contributed by atoms with Gasteiger partial charge < -0.3 is 4.57 Å². The standard InChI is InChI=1S/C16H19NO/c1-17-15-10-6-5-9-13(15)14(11-18)16(17)12-7-3-2-4-8-12/h5-6,9-12H,2-4,7-8H2,1H3. The summed E-state index contributed by atoms with van der Waals surface area (Å²) in [5.74, 6) is 0.566. The molecule has 0 amide bonds. The highest BCUT2D eigenvalue weighted by Gasteiger charge is 2.23. The van der Waals surface area contributed by atoms with Gasteiger partial charge in [0, 0.05) is 29.2 Å². The first-order chi connectivity index (χ1) is 8.83. The van der Waals surface area contributed by atoms with Gasteiger partial charge in [0.15, 0.2) is 6.29 Å². The fraction of sp³-hybridized carbons (Fsp3) is 0.438. The minimum atomic E-state index is 0.566. The minimum absolute atomic E-state index is 0.566. The average molecular weight is 241 g/mol. The van der Waals surface area contributed by atoms with Crippen molar-refractivity contribution in [1.29, 1.82) is 0 Å². The van der Waals surface area contributed by atoms with E-state index >= 15 is 0 Å². The number of benzene rings is 1. The molecule has 1 aromatic heterocycles. The third-order valence-corrected chi connectivity index (χ3v) is 4.30. The van der Waals surface area contributed by atoms with Gasteiger partial charge in [0.2, 0.25) is 0 Å². The van der Waals surface area contributed by atoms with Crippen LogP contribution in [0, 0.1) is 0 Å². The summed E-state index contributed by atoms with van der Waals surface area (Å²) < 4.78 is 2.23. The maximum Gasteiger partial charge on any atom is 0.152 e. The molecule has 1 saturated carbocycles. The number of rotatable bonds is 2. The molecular weight excluding hydrogens is 222 g/mol. The summed E-state index contributed by atoms with van der Waals surface area (Å²) >= 11 is 0. The van der Waals surface area contributed by atoms with E-state index in [4.69, 9.17) is 0 Å². The average Bonchev–Trinajstić information content (AvgIpc) is 2.73. The highest BCUT2D eigenvalue weighted by atomic mass is 16.1. The lowest BCUT2D eigenvalue weighted by Gasteiger charge is -2.23. The summed E-state index contributed by atoms with van der Waals surface area (Å²) in [5.41, 5.74) is 3.35. The normalized spacial score (nSPS) is 17.2. The van der Waals surface area contributed by atoms with Gasteiger partial charge >= 0.3 is 0 Å². The van der Waals surface area contributed by atoms with E-state index < -0.39 is 0 Å². The SMILES string of the molecule is Cn1c(C2CCCCC2)c(C=O)c2ccccc21. The molecule has 1 aromatic carbocycles. The lowest BCUT2D eigenvalue weighted by Crippen LogP contribution is -2.10. The van der Waals surface area contributed by atoms with Gasteiger partial charge in [0.05, 0.1) is 0 Å². The van der Waals surface area contributed by atoms with Gasteiger partial charge in [0.25, 0.3) is 0 Å². The molecule has 1 aliphatic carbocycles. The van der Waals surface area contributed by atoms with Crippen molar-refractivity contribution in [3.8, 4) is 0 Å². The van der Waals surface area contributed by atoms with Gasteiger partial charge in [-0.05, 0) is 24.8 Å². The predicted molar refractivity (Wildman–Crippen MR) is 74.1 cm³/mol. The molecule has 18 heavy (non-hydrogen) atoms. The number of aldehydes is 1. The first-order valence-corrected chi connectivity index (χ1v) is 6.85. The first-order valence-electron chi connectivity index (χ1n) is 6.85. The molecule has 0 bridgehead atoms. The fourth-order valence-corrected chi connectivity index (χ4v) is 3.44. The van der Waals surface area contributed by atoms with Crippen LogP contribution in [0.1, 0.15) is 54.1 Å². The lowest BCUT2D eigenvalue weighted by molar-refractivity contribution is 0.112. The molecule has 94 valence electrons. The second kappa shape index (κ2) is 4.60. The van der Waals surface area contributed by atoms with Crippen LogP contribution >= 0.6 is 0 Å². The predicted octanol–water partition coefficient (Wildman–Crippen LogP) is 4.04. The molecule has 0 spiro atoms. The number of hydrogen-bond acceptors (Lipinski definition) is 1. The molecule has 0 aliphatic heterocycles. The summed E-state index contributed by atoms with van der Waals surface area (Å²) in [5, 5.41) is 1.11. The number of nitrogens with zero attached hydrogens (tertiary/aromatic N) is 1. The van der Waals surface area contributed by atoms with E-state index in [-0.39, 0.29) is 0 Å². The van der Waals surface area contributed by atoms with E-state index in [0.717, 1.165) is 17.2 Å². The van der Waals surface area contributed by atoms with Crippen molar-refractivity contribution >= 4 is 17.2 Å². The largest absolute Gasteiger partial charge is 0.347 e. The zero-order chi connectivity index (χ0) is 12.5. The molecule has 2 nitrogen and oxygen atoms in total. The van der Waals surface area contributed by atoms with Crippen LogP contribution in [0.5, 0.6) is 0 Å². The second-order valence-electron chi connectivity index (χ2n) is 5.33. The molecule has 1 aliphatic rings. The number of hydrogen-bond donors (Lipinski definition) is 0. The van der Waals surface area contributed by atoms with Crippen LogP contribution in [0.15, 0.2) is 24.3 Å². The van der Waals surface area contributed by atoms with Crippen molar-refractivity contribution in [2.75, 3.05) is 0 Å². The smallest absolute Gasteiger partial charge is 0.152 e.